The van der Waals surface area contributed by atoms with Crippen molar-refractivity contribution in [1.29, 1.82) is 5.26 Å². The second-order valence-electron chi connectivity index (χ2n) is 8.38. The normalized spacial score (nSPS) is 45.7. The van der Waals surface area contributed by atoms with E-state index in [0.717, 1.165) is 51.4 Å². The molecule has 4 aliphatic rings. The zero-order chi connectivity index (χ0) is 16.2. The summed E-state index contributed by atoms with van der Waals surface area (Å²) >= 11 is 0. The van der Waals surface area contributed by atoms with Crippen molar-refractivity contribution in [1.82, 2.24) is 0 Å². The first-order chi connectivity index (χ1) is 11.0. The lowest BCUT2D eigenvalue weighted by Gasteiger charge is -2.51. The standard InChI is InChI=1S/C20H27NO2/c1-19-8-6-16-15-5-3-14(22)12-13(15)2-4-17(16)18(19)7-9-20(19,23)10-11-21/h12,14,17-18,22-23H,2-10H2,1H3/t14-,17+,18-,19-,20+/m0/s1. The third kappa shape index (κ3) is 2.08. The van der Waals surface area contributed by atoms with E-state index >= 15 is 0 Å². The van der Waals surface area contributed by atoms with Crippen LogP contribution in [0.4, 0.5) is 0 Å². The van der Waals surface area contributed by atoms with Gasteiger partial charge in [-0.1, -0.05) is 18.6 Å². The molecule has 0 spiro atoms. The summed E-state index contributed by atoms with van der Waals surface area (Å²) in [6, 6.07) is 2.23. The van der Waals surface area contributed by atoms with Crippen LogP contribution in [0, 0.1) is 28.6 Å². The third-order valence-corrected chi connectivity index (χ3v) is 7.55. The summed E-state index contributed by atoms with van der Waals surface area (Å²) in [5, 5.41) is 30.2. The molecule has 0 radical (unpaired) electrons. The van der Waals surface area contributed by atoms with Crippen molar-refractivity contribution in [2.75, 3.05) is 0 Å². The van der Waals surface area contributed by atoms with Crippen molar-refractivity contribution < 1.29 is 10.2 Å². The van der Waals surface area contributed by atoms with Crippen molar-refractivity contribution in [3.8, 4) is 6.07 Å². The van der Waals surface area contributed by atoms with Crippen LogP contribution in [-0.4, -0.2) is 21.9 Å². The van der Waals surface area contributed by atoms with Crippen LogP contribution in [0.25, 0.3) is 0 Å². The van der Waals surface area contributed by atoms with Gasteiger partial charge in [-0.3, -0.25) is 0 Å². The maximum atomic E-state index is 11.1. The van der Waals surface area contributed by atoms with Gasteiger partial charge in [0.25, 0.3) is 0 Å². The lowest BCUT2D eigenvalue weighted by molar-refractivity contribution is -0.0857. The van der Waals surface area contributed by atoms with Crippen LogP contribution < -0.4 is 0 Å². The highest BCUT2D eigenvalue weighted by Crippen LogP contribution is 2.64. The Balaban J connectivity index is 1.71. The topological polar surface area (TPSA) is 64.2 Å². The molecule has 5 atom stereocenters. The fourth-order valence-corrected chi connectivity index (χ4v) is 6.18. The van der Waals surface area contributed by atoms with Gasteiger partial charge in [0.15, 0.2) is 0 Å². The van der Waals surface area contributed by atoms with Crippen LogP contribution >= 0.6 is 0 Å². The fraction of sp³-hybridized carbons (Fsp3) is 0.750. The maximum absolute atomic E-state index is 11.1. The van der Waals surface area contributed by atoms with Crippen LogP contribution in [0.1, 0.15) is 64.7 Å². The summed E-state index contributed by atoms with van der Waals surface area (Å²) in [6.45, 7) is 2.24. The molecule has 0 aromatic rings. The average Bonchev–Trinajstić information content (AvgIpc) is 2.79. The predicted molar refractivity (Wildman–Crippen MR) is 88.3 cm³/mol. The average molecular weight is 313 g/mol. The van der Waals surface area contributed by atoms with Gasteiger partial charge in [0.1, 0.15) is 0 Å². The molecular weight excluding hydrogens is 286 g/mol. The summed E-state index contributed by atoms with van der Waals surface area (Å²) in [5.74, 6) is 1.11. The molecule has 0 aliphatic heterocycles. The quantitative estimate of drug-likeness (QED) is 0.777. The first kappa shape index (κ1) is 15.4. The van der Waals surface area contributed by atoms with Crippen LogP contribution in [0.3, 0.4) is 0 Å². The SMILES string of the molecule is C[C@]12CCC3=C4CC[C@H](O)C=C4CC[C@H]3[C@@H]1CC[C@@]2(O)CC#N. The molecule has 0 saturated heterocycles. The fourth-order valence-electron chi connectivity index (χ4n) is 6.18. The number of allylic oxidation sites excluding steroid dienone is 3. The Morgan fingerprint density at radius 2 is 2.04 bits per heavy atom. The molecule has 0 aromatic heterocycles. The molecule has 124 valence electrons. The Bertz CT molecular complexity index is 628. The summed E-state index contributed by atoms with van der Waals surface area (Å²) in [4.78, 5) is 0. The molecule has 0 unspecified atom stereocenters. The second kappa shape index (κ2) is 5.19. The largest absolute Gasteiger partial charge is 0.389 e. The minimum absolute atomic E-state index is 0.104. The first-order valence-corrected chi connectivity index (χ1v) is 9.19. The zero-order valence-corrected chi connectivity index (χ0v) is 14.0. The maximum Gasteiger partial charge on any atom is 0.0833 e. The summed E-state index contributed by atoms with van der Waals surface area (Å²) < 4.78 is 0. The molecule has 0 heterocycles. The van der Waals surface area contributed by atoms with E-state index in [0.29, 0.717) is 11.8 Å². The van der Waals surface area contributed by atoms with Gasteiger partial charge in [0, 0.05) is 5.41 Å². The predicted octanol–water partition coefficient (Wildman–Crippen LogP) is 3.63. The molecule has 4 aliphatic carbocycles. The van der Waals surface area contributed by atoms with Gasteiger partial charge < -0.3 is 10.2 Å². The Labute approximate surface area is 138 Å². The highest BCUT2D eigenvalue weighted by Gasteiger charge is 2.60. The third-order valence-electron chi connectivity index (χ3n) is 7.55. The molecule has 2 saturated carbocycles. The molecule has 23 heavy (non-hydrogen) atoms. The number of nitriles is 1. The van der Waals surface area contributed by atoms with E-state index in [2.05, 4.69) is 19.1 Å². The van der Waals surface area contributed by atoms with Gasteiger partial charge >= 0.3 is 0 Å². The van der Waals surface area contributed by atoms with Gasteiger partial charge in [-0.2, -0.15) is 5.26 Å². The Morgan fingerprint density at radius 1 is 1.22 bits per heavy atom. The molecular formula is C20H27NO2. The Kier molecular flexibility index (Phi) is 3.48. The lowest BCUT2D eigenvalue weighted by Crippen LogP contribution is -2.49. The molecule has 2 fully saturated rings. The van der Waals surface area contributed by atoms with Crippen LogP contribution in [0.2, 0.25) is 0 Å². The molecule has 0 amide bonds. The summed E-state index contributed by atoms with van der Waals surface area (Å²) in [7, 11) is 0. The summed E-state index contributed by atoms with van der Waals surface area (Å²) in [5.41, 5.74) is 3.65. The van der Waals surface area contributed by atoms with E-state index in [9.17, 15) is 10.2 Å². The molecule has 0 aromatic carbocycles. The van der Waals surface area contributed by atoms with E-state index in [-0.39, 0.29) is 17.9 Å². The highest BCUT2D eigenvalue weighted by atomic mass is 16.3. The van der Waals surface area contributed by atoms with Crippen LogP contribution in [0.5, 0.6) is 0 Å². The number of nitrogens with zero attached hydrogens (tertiary/aromatic N) is 1. The minimum atomic E-state index is -0.790. The molecule has 2 N–H and O–H groups in total. The Hall–Kier alpha value is -1.11. The zero-order valence-electron chi connectivity index (χ0n) is 14.0. The van der Waals surface area contributed by atoms with Crippen LogP contribution in [0.15, 0.2) is 22.8 Å². The highest BCUT2D eigenvalue weighted by molar-refractivity contribution is 5.43. The summed E-state index contributed by atoms with van der Waals surface area (Å²) in [6.07, 6.45) is 10.1. The van der Waals surface area contributed by atoms with Crippen molar-refractivity contribution >= 4 is 0 Å². The van der Waals surface area contributed by atoms with Gasteiger partial charge in [-0.25, -0.2) is 0 Å². The van der Waals surface area contributed by atoms with E-state index in [4.69, 9.17) is 5.26 Å². The molecule has 3 heteroatoms. The minimum Gasteiger partial charge on any atom is -0.389 e. The number of hydrogen-bond acceptors (Lipinski definition) is 3. The van der Waals surface area contributed by atoms with Gasteiger partial charge in [0.05, 0.1) is 24.2 Å². The van der Waals surface area contributed by atoms with Gasteiger partial charge in [-0.05, 0) is 74.3 Å². The molecule has 3 nitrogen and oxygen atoms in total. The number of fused-ring (bicyclic) bond motifs is 4. The van der Waals surface area contributed by atoms with Crippen molar-refractivity contribution in [2.45, 2.75) is 76.4 Å². The van der Waals surface area contributed by atoms with Gasteiger partial charge in [-0.15, -0.1) is 0 Å². The van der Waals surface area contributed by atoms with E-state index in [1.165, 1.54) is 11.1 Å². The smallest absolute Gasteiger partial charge is 0.0833 e. The number of rotatable bonds is 1. The second-order valence-corrected chi connectivity index (χ2v) is 8.38. The number of aliphatic hydroxyl groups is 2. The van der Waals surface area contributed by atoms with Gasteiger partial charge in [0.2, 0.25) is 0 Å². The lowest BCUT2D eigenvalue weighted by atomic mass is 9.54. The first-order valence-electron chi connectivity index (χ1n) is 9.19. The van der Waals surface area contributed by atoms with E-state index in [1.807, 2.05) is 0 Å². The monoisotopic (exact) mass is 313 g/mol. The van der Waals surface area contributed by atoms with Crippen molar-refractivity contribution in [2.24, 2.45) is 17.3 Å². The Morgan fingerprint density at radius 3 is 2.83 bits per heavy atom. The molecule has 4 rings (SSSR count). The number of aliphatic hydroxyl groups excluding tert-OH is 1. The molecule has 0 bridgehead atoms. The van der Waals surface area contributed by atoms with Crippen LogP contribution in [-0.2, 0) is 0 Å². The van der Waals surface area contributed by atoms with E-state index in [1.54, 1.807) is 5.57 Å². The van der Waals surface area contributed by atoms with E-state index < -0.39 is 5.60 Å². The number of hydrogen-bond donors (Lipinski definition) is 2. The van der Waals surface area contributed by atoms with Crippen molar-refractivity contribution in [3.63, 3.8) is 0 Å². The van der Waals surface area contributed by atoms with Crippen molar-refractivity contribution in [3.05, 3.63) is 22.8 Å².